The maximum Gasteiger partial charge on any atom is 0.410 e. The summed E-state index contributed by atoms with van der Waals surface area (Å²) >= 11 is 0. The first-order valence-electron chi connectivity index (χ1n) is 20.0. The summed E-state index contributed by atoms with van der Waals surface area (Å²) in [5, 5.41) is 2.81. The molecule has 1 fully saturated rings. The van der Waals surface area contributed by atoms with Gasteiger partial charge in [0.1, 0.15) is 23.4 Å². The van der Waals surface area contributed by atoms with Gasteiger partial charge in [0.2, 0.25) is 5.91 Å². The summed E-state index contributed by atoms with van der Waals surface area (Å²) in [6, 6.07) is 16.3. The molecule has 0 bridgehead atoms. The first-order chi connectivity index (χ1) is 26.7. The van der Waals surface area contributed by atoms with Gasteiger partial charge in [-0.05, 0) is 97.4 Å². The van der Waals surface area contributed by atoms with Crippen LogP contribution in [0.4, 0.5) is 19.2 Å². The van der Waals surface area contributed by atoms with Gasteiger partial charge >= 0.3 is 24.4 Å². The van der Waals surface area contributed by atoms with E-state index in [1.807, 2.05) is 24.3 Å². The summed E-state index contributed by atoms with van der Waals surface area (Å²) in [6.07, 6.45) is -0.985. The zero-order chi connectivity index (χ0) is 42.0. The van der Waals surface area contributed by atoms with Crippen molar-refractivity contribution < 1.29 is 42.9 Å². The quantitative estimate of drug-likeness (QED) is 0.226. The Bertz CT molecular complexity index is 1620. The lowest BCUT2D eigenvalue weighted by Crippen LogP contribution is -2.52. The van der Waals surface area contributed by atoms with Crippen LogP contribution in [0.25, 0.3) is 11.1 Å². The zero-order valence-corrected chi connectivity index (χ0v) is 35.4. The molecule has 4 rings (SSSR count). The second kappa shape index (κ2) is 19.4. The highest BCUT2D eigenvalue weighted by Gasteiger charge is 2.31. The maximum atomic E-state index is 13.7. The normalized spacial score (nSPS) is 15.7. The van der Waals surface area contributed by atoms with E-state index in [1.165, 1.54) is 14.7 Å². The second-order valence-electron chi connectivity index (χ2n) is 17.5. The predicted octanol–water partition coefficient (Wildman–Crippen LogP) is 7.25. The van der Waals surface area contributed by atoms with E-state index in [-0.39, 0.29) is 77.2 Å². The van der Waals surface area contributed by atoms with E-state index in [2.05, 4.69) is 29.6 Å². The Morgan fingerprint density at radius 3 is 1.32 bits per heavy atom. The number of benzene rings is 2. The van der Waals surface area contributed by atoms with E-state index in [4.69, 9.17) is 18.9 Å². The average molecular weight is 794 g/mol. The smallest absolute Gasteiger partial charge is 0.410 e. The van der Waals surface area contributed by atoms with E-state index in [0.29, 0.717) is 19.4 Å². The van der Waals surface area contributed by atoms with Crippen LogP contribution in [0, 0.1) is 0 Å². The average Bonchev–Trinajstić information content (AvgIpc) is 3.41. The molecule has 0 saturated carbocycles. The van der Waals surface area contributed by atoms with Crippen LogP contribution in [0.3, 0.4) is 0 Å². The molecule has 1 aliphatic heterocycles. The Balaban J connectivity index is 1.37. The molecule has 5 amide bonds. The summed E-state index contributed by atoms with van der Waals surface area (Å²) in [5.41, 5.74) is 2.31. The van der Waals surface area contributed by atoms with E-state index in [0.717, 1.165) is 22.3 Å². The fourth-order valence-electron chi connectivity index (χ4n) is 6.59. The molecule has 57 heavy (non-hydrogen) atoms. The lowest BCUT2D eigenvalue weighted by atomic mass is 9.98. The van der Waals surface area contributed by atoms with E-state index in [9.17, 15) is 24.0 Å². The molecule has 1 heterocycles. The van der Waals surface area contributed by atoms with Crippen LogP contribution in [0.15, 0.2) is 48.5 Å². The molecule has 2 aromatic rings. The number of nitrogens with one attached hydrogen (secondary N) is 1. The summed E-state index contributed by atoms with van der Waals surface area (Å²) in [6.45, 7) is 17.6. The molecule has 14 heteroatoms. The third-order valence-corrected chi connectivity index (χ3v) is 9.30. The number of fused-ring (bicyclic) bond motifs is 3. The third-order valence-electron chi connectivity index (χ3n) is 9.30. The maximum absolute atomic E-state index is 13.7. The van der Waals surface area contributed by atoms with Gasteiger partial charge in [-0.15, -0.1) is 0 Å². The fraction of sp³-hybridized carbons (Fsp3) is 0.605. The van der Waals surface area contributed by atoms with Crippen LogP contribution in [0.5, 0.6) is 0 Å². The van der Waals surface area contributed by atoms with Crippen LogP contribution in [-0.2, 0) is 23.7 Å². The number of carbonyl (C=O) groups is 5. The summed E-state index contributed by atoms with van der Waals surface area (Å²) in [7, 11) is 0. The van der Waals surface area contributed by atoms with Crippen LogP contribution in [0.2, 0.25) is 0 Å². The SMILES string of the molecule is CC(C)(C)OC(=O)N1CCN(C(=O)CCCCNC(=O)OCC2c3ccccc3-c3ccccc32)CCN(C(=O)OC(C)(C)C)CCN(C(=O)OC(C)(C)C)CC1. The predicted molar refractivity (Wildman–Crippen MR) is 217 cm³/mol. The van der Waals surface area contributed by atoms with Crippen molar-refractivity contribution in [3.8, 4) is 11.1 Å². The van der Waals surface area contributed by atoms with E-state index >= 15 is 0 Å². The van der Waals surface area contributed by atoms with Crippen molar-refractivity contribution in [2.75, 3.05) is 65.5 Å². The van der Waals surface area contributed by atoms with Crippen LogP contribution in [0.1, 0.15) is 98.6 Å². The topological polar surface area (TPSA) is 147 Å². The Kier molecular flexibility index (Phi) is 15.2. The number of rotatable bonds is 7. The number of hydrogen-bond acceptors (Lipinski definition) is 9. The van der Waals surface area contributed by atoms with Gasteiger partial charge in [-0.1, -0.05) is 48.5 Å². The highest BCUT2D eigenvalue weighted by molar-refractivity contribution is 5.79. The van der Waals surface area contributed by atoms with Crippen molar-refractivity contribution in [2.45, 2.75) is 104 Å². The monoisotopic (exact) mass is 793 g/mol. The lowest BCUT2D eigenvalue weighted by Gasteiger charge is -2.36. The molecule has 1 saturated heterocycles. The minimum Gasteiger partial charge on any atom is -0.449 e. The van der Waals surface area contributed by atoms with E-state index in [1.54, 1.807) is 67.2 Å². The number of hydrogen-bond donors (Lipinski definition) is 1. The molecule has 0 spiro atoms. The Morgan fingerprint density at radius 2 is 0.930 bits per heavy atom. The molecular formula is C43H63N5O9. The summed E-state index contributed by atoms with van der Waals surface area (Å²) in [4.78, 5) is 72.5. The number of amides is 5. The van der Waals surface area contributed by atoms with Gasteiger partial charge in [0.05, 0.1) is 0 Å². The zero-order valence-electron chi connectivity index (χ0n) is 35.4. The molecule has 2 aromatic carbocycles. The molecule has 1 N–H and O–H groups in total. The van der Waals surface area contributed by atoms with Gasteiger partial charge < -0.3 is 43.9 Å². The van der Waals surface area contributed by atoms with Crippen LogP contribution >= 0.6 is 0 Å². The van der Waals surface area contributed by atoms with Gasteiger partial charge in [-0.25, -0.2) is 19.2 Å². The van der Waals surface area contributed by atoms with Crippen molar-refractivity contribution in [1.29, 1.82) is 0 Å². The molecule has 0 aromatic heterocycles. The van der Waals surface area contributed by atoms with Crippen LogP contribution < -0.4 is 5.32 Å². The van der Waals surface area contributed by atoms with Crippen LogP contribution in [-0.4, -0.2) is 132 Å². The fourth-order valence-corrected chi connectivity index (χ4v) is 6.59. The number of alkyl carbamates (subject to hydrolysis) is 1. The first-order valence-corrected chi connectivity index (χ1v) is 20.0. The molecule has 2 aliphatic rings. The number of nitrogens with zero attached hydrogens (tertiary/aromatic N) is 4. The molecule has 0 atom stereocenters. The number of carbonyl (C=O) groups excluding carboxylic acids is 5. The minimum absolute atomic E-state index is 0.0397. The summed E-state index contributed by atoms with van der Waals surface area (Å²) < 4.78 is 22.7. The van der Waals surface area contributed by atoms with Gasteiger partial charge in [-0.3, -0.25) is 4.79 Å². The Labute approximate surface area is 338 Å². The van der Waals surface area contributed by atoms with Crippen molar-refractivity contribution >= 4 is 30.3 Å². The van der Waals surface area contributed by atoms with Gasteiger partial charge in [-0.2, -0.15) is 0 Å². The van der Waals surface area contributed by atoms with Gasteiger partial charge in [0.25, 0.3) is 0 Å². The van der Waals surface area contributed by atoms with Crippen molar-refractivity contribution in [1.82, 2.24) is 24.9 Å². The van der Waals surface area contributed by atoms with Gasteiger partial charge in [0, 0.05) is 71.2 Å². The van der Waals surface area contributed by atoms with E-state index < -0.39 is 41.2 Å². The molecule has 314 valence electrons. The largest absolute Gasteiger partial charge is 0.449 e. The summed E-state index contributed by atoms with van der Waals surface area (Å²) in [5.74, 6) is -0.195. The van der Waals surface area contributed by atoms with Crippen molar-refractivity contribution in [3.05, 3.63) is 59.7 Å². The molecule has 0 unspecified atom stereocenters. The molecular weight excluding hydrogens is 730 g/mol. The van der Waals surface area contributed by atoms with Crippen molar-refractivity contribution in [3.63, 3.8) is 0 Å². The first kappa shape index (κ1) is 44.7. The third kappa shape index (κ3) is 14.2. The van der Waals surface area contributed by atoms with Crippen molar-refractivity contribution in [2.24, 2.45) is 0 Å². The highest BCUT2D eigenvalue weighted by Crippen LogP contribution is 2.44. The number of unbranched alkanes of at least 4 members (excludes halogenated alkanes) is 1. The Hall–Kier alpha value is -5.01. The number of ether oxygens (including phenoxy) is 4. The molecule has 1 aliphatic carbocycles. The highest BCUT2D eigenvalue weighted by atomic mass is 16.6. The Morgan fingerprint density at radius 1 is 0.561 bits per heavy atom. The molecule has 14 nitrogen and oxygen atoms in total. The second-order valence-corrected chi connectivity index (χ2v) is 17.5. The minimum atomic E-state index is -0.761. The lowest BCUT2D eigenvalue weighted by molar-refractivity contribution is -0.131. The van der Waals surface area contributed by atoms with Gasteiger partial charge in [0.15, 0.2) is 0 Å². The standard InChI is InChI=1S/C43H63N5O9/c1-41(2,3)55-38(51)46-24-22-45(23-25-47(39(52)56-42(4,5)6)27-29-48(28-26-46)40(53)57-43(7,8)9)36(49)20-14-15-21-44-37(50)54-30-35-33-18-12-10-16-31(33)32-17-11-13-19-34(32)35/h10-13,16-19,35H,14-15,20-30H2,1-9H3,(H,44,50). The molecule has 0 radical (unpaired) electrons.